The summed E-state index contributed by atoms with van der Waals surface area (Å²) in [5.41, 5.74) is 0.112. The Hall–Kier alpha value is -1.62. The second-order valence-electron chi connectivity index (χ2n) is 3.46. The maximum Gasteiger partial charge on any atom is 0.325 e. The summed E-state index contributed by atoms with van der Waals surface area (Å²) in [6.07, 6.45) is -0.217. The molecule has 0 aliphatic heterocycles. The van der Waals surface area contributed by atoms with E-state index < -0.39 is 17.7 Å². The molecule has 1 aromatic carbocycles. The van der Waals surface area contributed by atoms with Crippen molar-refractivity contribution in [3.63, 3.8) is 0 Å². The minimum Gasteiger partial charge on any atom is -0.465 e. The average Bonchev–Trinajstić information content (AvgIpc) is 2.32. The Morgan fingerprint density at radius 2 is 2.17 bits per heavy atom. The van der Waals surface area contributed by atoms with E-state index in [0.717, 1.165) is 0 Å². The van der Waals surface area contributed by atoms with Gasteiger partial charge in [-0.05, 0) is 19.1 Å². The highest BCUT2D eigenvalue weighted by molar-refractivity contribution is 6.31. The summed E-state index contributed by atoms with van der Waals surface area (Å²) in [5, 5.41) is 2.51. The molecule has 0 atom stereocenters. The van der Waals surface area contributed by atoms with Crippen LogP contribution in [0.25, 0.3) is 0 Å². The number of hydrogen-bond acceptors (Lipinski definition) is 3. The molecule has 4 nitrogen and oxygen atoms in total. The highest BCUT2D eigenvalue weighted by Gasteiger charge is 2.12. The third-order valence-electron chi connectivity index (χ3n) is 2.13. The highest BCUT2D eigenvalue weighted by Crippen LogP contribution is 2.19. The van der Waals surface area contributed by atoms with Crippen molar-refractivity contribution < 1.29 is 18.7 Å². The second-order valence-corrected chi connectivity index (χ2v) is 3.87. The summed E-state index contributed by atoms with van der Waals surface area (Å²) in [6, 6.07) is 4.18. The first-order valence-electron chi connectivity index (χ1n) is 5.39. The van der Waals surface area contributed by atoms with Gasteiger partial charge >= 0.3 is 5.97 Å². The minimum absolute atomic E-state index is 0.112. The number of rotatable bonds is 5. The number of esters is 1. The van der Waals surface area contributed by atoms with Crippen LogP contribution in [0.5, 0.6) is 0 Å². The van der Waals surface area contributed by atoms with Crippen LogP contribution in [-0.2, 0) is 20.7 Å². The van der Waals surface area contributed by atoms with Crippen molar-refractivity contribution in [2.75, 3.05) is 13.2 Å². The second kappa shape index (κ2) is 6.96. The fourth-order valence-corrected chi connectivity index (χ4v) is 1.54. The van der Waals surface area contributed by atoms with Crippen LogP contribution in [-0.4, -0.2) is 25.0 Å². The zero-order valence-electron chi connectivity index (χ0n) is 9.83. The van der Waals surface area contributed by atoms with Crippen LogP contribution in [0.3, 0.4) is 0 Å². The molecule has 0 aromatic heterocycles. The van der Waals surface area contributed by atoms with Crippen LogP contribution < -0.4 is 5.32 Å². The van der Waals surface area contributed by atoms with Gasteiger partial charge in [-0.25, -0.2) is 4.39 Å². The molecular formula is C12H13ClFNO3. The maximum absolute atomic E-state index is 13.4. The molecule has 1 amide bonds. The number of hydrogen-bond donors (Lipinski definition) is 1. The van der Waals surface area contributed by atoms with Crippen LogP contribution in [0.4, 0.5) is 4.39 Å². The normalized spacial score (nSPS) is 9.94. The average molecular weight is 274 g/mol. The molecule has 98 valence electrons. The molecule has 1 aromatic rings. The zero-order chi connectivity index (χ0) is 13.5. The van der Waals surface area contributed by atoms with Crippen LogP contribution >= 0.6 is 11.6 Å². The highest BCUT2D eigenvalue weighted by atomic mass is 35.5. The van der Waals surface area contributed by atoms with E-state index >= 15 is 0 Å². The summed E-state index contributed by atoms with van der Waals surface area (Å²) in [4.78, 5) is 22.5. The SMILES string of the molecule is CCOC(=O)CNC(=O)Cc1c(F)cccc1Cl. The van der Waals surface area contributed by atoms with Gasteiger partial charge in [0, 0.05) is 10.6 Å². The standard InChI is InChI=1S/C12H13ClFNO3/c1-2-18-12(17)7-15-11(16)6-8-9(13)4-3-5-10(8)14/h3-5H,2,6-7H2,1H3,(H,15,16). The Morgan fingerprint density at radius 1 is 1.44 bits per heavy atom. The molecule has 1 rings (SSSR count). The fourth-order valence-electron chi connectivity index (χ4n) is 1.31. The fraction of sp³-hybridized carbons (Fsp3) is 0.333. The molecule has 0 fully saturated rings. The van der Waals surface area contributed by atoms with E-state index in [0.29, 0.717) is 0 Å². The van der Waals surface area contributed by atoms with Gasteiger partial charge in [0.1, 0.15) is 12.4 Å². The van der Waals surface area contributed by atoms with Crippen molar-refractivity contribution >= 4 is 23.5 Å². The van der Waals surface area contributed by atoms with Crippen molar-refractivity contribution in [3.8, 4) is 0 Å². The van der Waals surface area contributed by atoms with Gasteiger partial charge in [0.15, 0.2) is 0 Å². The molecule has 0 saturated carbocycles. The molecule has 0 bridgehead atoms. The molecule has 0 spiro atoms. The lowest BCUT2D eigenvalue weighted by Crippen LogP contribution is -2.32. The zero-order valence-corrected chi connectivity index (χ0v) is 10.6. The number of benzene rings is 1. The summed E-state index contributed by atoms with van der Waals surface area (Å²) in [7, 11) is 0. The smallest absolute Gasteiger partial charge is 0.325 e. The molecule has 6 heteroatoms. The summed E-state index contributed by atoms with van der Waals surface area (Å²) in [6.45, 7) is 1.67. The predicted molar refractivity (Wildman–Crippen MR) is 64.8 cm³/mol. The van der Waals surface area contributed by atoms with Crippen molar-refractivity contribution in [1.82, 2.24) is 5.32 Å². The van der Waals surface area contributed by atoms with Crippen molar-refractivity contribution in [2.24, 2.45) is 0 Å². The Balaban J connectivity index is 2.52. The molecular weight excluding hydrogens is 261 g/mol. The Labute approximate surface area is 109 Å². The van der Waals surface area contributed by atoms with Gasteiger partial charge in [0.25, 0.3) is 0 Å². The lowest BCUT2D eigenvalue weighted by atomic mass is 10.1. The van der Waals surface area contributed by atoms with Crippen molar-refractivity contribution in [3.05, 3.63) is 34.6 Å². The van der Waals surface area contributed by atoms with Gasteiger partial charge in [-0.2, -0.15) is 0 Å². The van der Waals surface area contributed by atoms with Crippen LogP contribution in [0.1, 0.15) is 12.5 Å². The lowest BCUT2D eigenvalue weighted by molar-refractivity contribution is -0.143. The summed E-state index contributed by atoms with van der Waals surface area (Å²) in [5.74, 6) is -1.57. The van der Waals surface area contributed by atoms with Gasteiger partial charge in [0.2, 0.25) is 5.91 Å². The first kappa shape index (κ1) is 14.4. The van der Waals surface area contributed by atoms with Crippen molar-refractivity contribution in [2.45, 2.75) is 13.3 Å². The van der Waals surface area contributed by atoms with Gasteiger partial charge in [0.05, 0.1) is 13.0 Å². The first-order valence-corrected chi connectivity index (χ1v) is 5.77. The van der Waals surface area contributed by atoms with E-state index in [-0.39, 0.29) is 30.2 Å². The molecule has 0 aliphatic rings. The third-order valence-corrected chi connectivity index (χ3v) is 2.49. The molecule has 0 radical (unpaired) electrons. The van der Waals surface area contributed by atoms with Gasteiger partial charge in [-0.1, -0.05) is 17.7 Å². The third kappa shape index (κ3) is 4.33. The topological polar surface area (TPSA) is 55.4 Å². The van der Waals surface area contributed by atoms with Crippen molar-refractivity contribution in [1.29, 1.82) is 0 Å². The number of carbonyl (C=O) groups is 2. The van der Waals surface area contributed by atoms with Crippen LogP contribution in [0, 0.1) is 5.82 Å². The molecule has 18 heavy (non-hydrogen) atoms. The van der Waals surface area contributed by atoms with E-state index in [9.17, 15) is 14.0 Å². The summed E-state index contributed by atoms with van der Waals surface area (Å²) < 4.78 is 18.0. The Morgan fingerprint density at radius 3 is 2.78 bits per heavy atom. The number of ether oxygens (including phenoxy) is 1. The Bertz CT molecular complexity index is 431. The van der Waals surface area contributed by atoms with Gasteiger partial charge in [-0.3, -0.25) is 9.59 Å². The molecule has 0 unspecified atom stereocenters. The molecule has 0 saturated heterocycles. The number of nitrogens with one attached hydrogen (secondary N) is 1. The van der Waals surface area contributed by atoms with Gasteiger partial charge in [-0.15, -0.1) is 0 Å². The monoisotopic (exact) mass is 273 g/mol. The maximum atomic E-state index is 13.4. The van der Waals surface area contributed by atoms with Crippen LogP contribution in [0.15, 0.2) is 18.2 Å². The molecule has 0 heterocycles. The van der Waals surface area contributed by atoms with E-state index in [2.05, 4.69) is 10.1 Å². The minimum atomic E-state index is -0.547. The van der Waals surface area contributed by atoms with Crippen LogP contribution in [0.2, 0.25) is 5.02 Å². The number of halogens is 2. The predicted octanol–water partition coefficient (Wildman–Crippen LogP) is 1.70. The van der Waals surface area contributed by atoms with E-state index in [1.807, 2.05) is 0 Å². The van der Waals surface area contributed by atoms with E-state index in [1.165, 1.54) is 18.2 Å². The lowest BCUT2D eigenvalue weighted by Gasteiger charge is -2.07. The summed E-state index contributed by atoms with van der Waals surface area (Å²) >= 11 is 5.77. The van der Waals surface area contributed by atoms with E-state index in [4.69, 9.17) is 11.6 Å². The first-order chi connectivity index (χ1) is 8.54. The number of amides is 1. The Kier molecular flexibility index (Phi) is 5.58. The van der Waals surface area contributed by atoms with E-state index in [1.54, 1.807) is 6.92 Å². The largest absolute Gasteiger partial charge is 0.465 e. The molecule has 1 N–H and O–H groups in total. The quantitative estimate of drug-likeness (QED) is 0.831. The van der Waals surface area contributed by atoms with Gasteiger partial charge < -0.3 is 10.1 Å². The number of carbonyl (C=O) groups excluding carboxylic acids is 2. The molecule has 0 aliphatic carbocycles.